The lowest BCUT2D eigenvalue weighted by Gasteiger charge is -2.24. The molecule has 0 saturated carbocycles. The Labute approximate surface area is 108 Å². The molecule has 0 saturated heterocycles. The van der Waals surface area contributed by atoms with Crippen molar-refractivity contribution in [2.75, 3.05) is 5.32 Å². The average molecular weight is 250 g/mol. The van der Waals surface area contributed by atoms with Crippen LogP contribution in [-0.4, -0.2) is 17.1 Å². The number of aliphatic hydroxyl groups excluding tert-OH is 1. The van der Waals surface area contributed by atoms with Crippen LogP contribution < -0.4 is 11.1 Å². The van der Waals surface area contributed by atoms with E-state index in [0.717, 1.165) is 17.7 Å². The second kappa shape index (κ2) is 6.52. The number of anilines is 1. The number of amides is 1. The molecule has 1 aromatic rings. The van der Waals surface area contributed by atoms with Crippen molar-refractivity contribution in [2.45, 2.75) is 39.3 Å². The van der Waals surface area contributed by atoms with Crippen molar-refractivity contribution in [1.29, 1.82) is 0 Å². The van der Waals surface area contributed by atoms with E-state index in [-0.39, 0.29) is 11.8 Å². The summed E-state index contributed by atoms with van der Waals surface area (Å²) >= 11 is 0. The highest BCUT2D eigenvalue weighted by Gasteiger charge is 2.21. The third-order valence-corrected chi connectivity index (χ3v) is 3.21. The van der Waals surface area contributed by atoms with Crippen LogP contribution in [0.4, 0.5) is 5.69 Å². The summed E-state index contributed by atoms with van der Waals surface area (Å²) in [6.45, 7) is 5.48. The zero-order chi connectivity index (χ0) is 13.7. The molecule has 0 aliphatic rings. The van der Waals surface area contributed by atoms with E-state index in [4.69, 9.17) is 5.73 Å². The summed E-state index contributed by atoms with van der Waals surface area (Å²) in [6, 6.07) is 6.86. The van der Waals surface area contributed by atoms with Gasteiger partial charge in [-0.25, -0.2) is 0 Å². The zero-order valence-electron chi connectivity index (χ0n) is 11.2. The first-order chi connectivity index (χ1) is 8.45. The smallest absolute Gasteiger partial charge is 0.221 e. The topological polar surface area (TPSA) is 75.3 Å². The molecule has 4 heteroatoms. The summed E-state index contributed by atoms with van der Waals surface area (Å²) in [5.41, 5.74) is 7.63. The number of hydrogen-bond acceptors (Lipinski definition) is 3. The minimum absolute atomic E-state index is 0.105. The third kappa shape index (κ3) is 3.82. The first kappa shape index (κ1) is 14.7. The Morgan fingerprint density at radius 3 is 2.39 bits per heavy atom. The van der Waals surface area contributed by atoms with Gasteiger partial charge >= 0.3 is 0 Å². The number of hydrogen-bond donors (Lipinski definition) is 3. The van der Waals surface area contributed by atoms with Gasteiger partial charge in [-0.1, -0.05) is 32.4 Å². The van der Waals surface area contributed by atoms with Crippen molar-refractivity contribution in [3.63, 3.8) is 0 Å². The van der Waals surface area contributed by atoms with E-state index < -0.39 is 12.1 Å². The van der Waals surface area contributed by atoms with E-state index in [2.05, 4.69) is 5.32 Å². The van der Waals surface area contributed by atoms with Gasteiger partial charge < -0.3 is 16.2 Å². The molecular weight excluding hydrogens is 228 g/mol. The Morgan fingerprint density at radius 2 is 1.94 bits per heavy atom. The first-order valence-electron chi connectivity index (χ1n) is 6.27. The molecule has 0 aliphatic carbocycles. The molecule has 0 aromatic heterocycles. The van der Waals surface area contributed by atoms with Gasteiger partial charge in [0, 0.05) is 12.6 Å². The Bertz CT molecular complexity index is 389. The summed E-state index contributed by atoms with van der Waals surface area (Å²) in [5.74, 6) is 0.0571. The summed E-state index contributed by atoms with van der Waals surface area (Å²) in [7, 11) is 0. The van der Waals surface area contributed by atoms with Crippen molar-refractivity contribution >= 4 is 11.6 Å². The van der Waals surface area contributed by atoms with Gasteiger partial charge in [0.25, 0.3) is 0 Å². The number of aliphatic hydroxyl groups is 1. The molecule has 100 valence electrons. The molecule has 1 rings (SSSR count). The fourth-order valence-corrected chi connectivity index (χ4v) is 1.78. The van der Waals surface area contributed by atoms with Crippen LogP contribution in [0.2, 0.25) is 0 Å². The molecule has 1 unspecified atom stereocenters. The van der Waals surface area contributed by atoms with Gasteiger partial charge in [0.2, 0.25) is 5.91 Å². The second-order valence-electron chi connectivity index (χ2n) is 4.71. The highest BCUT2D eigenvalue weighted by molar-refractivity contribution is 5.88. The SMILES string of the molecule is CCC(C)[C@H](O)[C@H](N)c1ccc(NC(C)=O)cc1. The summed E-state index contributed by atoms with van der Waals surface area (Å²) in [6.07, 6.45) is 0.334. The average Bonchev–Trinajstić information content (AvgIpc) is 2.36. The molecule has 3 atom stereocenters. The van der Waals surface area contributed by atoms with Crippen LogP contribution in [0.1, 0.15) is 38.8 Å². The molecular formula is C14H22N2O2. The lowest BCUT2D eigenvalue weighted by Crippen LogP contribution is -2.31. The predicted octanol–water partition coefficient (Wildman–Crippen LogP) is 2.05. The molecule has 0 radical (unpaired) electrons. The van der Waals surface area contributed by atoms with Crippen LogP contribution in [0.15, 0.2) is 24.3 Å². The van der Waals surface area contributed by atoms with Crippen LogP contribution in [0.25, 0.3) is 0 Å². The first-order valence-corrected chi connectivity index (χ1v) is 6.27. The van der Waals surface area contributed by atoms with E-state index >= 15 is 0 Å². The molecule has 0 fully saturated rings. The van der Waals surface area contributed by atoms with Crippen molar-refractivity contribution < 1.29 is 9.90 Å². The minimum Gasteiger partial charge on any atom is -0.391 e. The molecule has 0 bridgehead atoms. The maximum atomic E-state index is 10.9. The van der Waals surface area contributed by atoms with Crippen molar-refractivity contribution in [3.8, 4) is 0 Å². The van der Waals surface area contributed by atoms with Crippen molar-refractivity contribution in [1.82, 2.24) is 0 Å². The van der Waals surface area contributed by atoms with Crippen LogP contribution in [0, 0.1) is 5.92 Å². The van der Waals surface area contributed by atoms with Crippen LogP contribution >= 0.6 is 0 Å². The van der Waals surface area contributed by atoms with Gasteiger partial charge in [0.05, 0.1) is 12.1 Å². The molecule has 0 aliphatic heterocycles. The van der Waals surface area contributed by atoms with E-state index in [0.29, 0.717) is 0 Å². The largest absolute Gasteiger partial charge is 0.391 e. The summed E-state index contributed by atoms with van der Waals surface area (Å²) in [5, 5.41) is 12.8. The number of carbonyl (C=O) groups excluding carboxylic acids is 1. The third-order valence-electron chi connectivity index (χ3n) is 3.21. The Kier molecular flexibility index (Phi) is 5.31. The fraction of sp³-hybridized carbons (Fsp3) is 0.500. The highest BCUT2D eigenvalue weighted by Crippen LogP contribution is 2.22. The van der Waals surface area contributed by atoms with Gasteiger partial charge in [0.1, 0.15) is 0 Å². The Balaban J connectivity index is 2.75. The number of nitrogens with two attached hydrogens (primary N) is 1. The highest BCUT2D eigenvalue weighted by atomic mass is 16.3. The zero-order valence-corrected chi connectivity index (χ0v) is 11.2. The monoisotopic (exact) mass is 250 g/mol. The lowest BCUT2D eigenvalue weighted by atomic mass is 9.91. The van der Waals surface area contributed by atoms with Crippen molar-refractivity contribution in [2.24, 2.45) is 11.7 Å². The summed E-state index contributed by atoms with van der Waals surface area (Å²) in [4.78, 5) is 10.9. The fourth-order valence-electron chi connectivity index (χ4n) is 1.78. The standard InChI is InChI=1S/C14H22N2O2/c1-4-9(2)14(18)13(15)11-5-7-12(8-6-11)16-10(3)17/h5-9,13-14,18H,4,15H2,1-3H3,(H,16,17)/t9?,13-,14+/m1/s1. The van der Waals surface area contributed by atoms with Gasteiger partial charge in [-0.3, -0.25) is 4.79 Å². The van der Waals surface area contributed by atoms with E-state index in [1.165, 1.54) is 6.92 Å². The second-order valence-corrected chi connectivity index (χ2v) is 4.71. The van der Waals surface area contributed by atoms with E-state index in [9.17, 15) is 9.90 Å². The van der Waals surface area contributed by atoms with E-state index in [1.807, 2.05) is 26.0 Å². The maximum Gasteiger partial charge on any atom is 0.221 e. The number of rotatable bonds is 5. The molecule has 4 N–H and O–H groups in total. The quantitative estimate of drug-likeness (QED) is 0.748. The maximum absolute atomic E-state index is 10.9. The van der Waals surface area contributed by atoms with Crippen LogP contribution in [0.5, 0.6) is 0 Å². The Hall–Kier alpha value is -1.39. The molecule has 0 heterocycles. The van der Waals surface area contributed by atoms with Gasteiger partial charge in [-0.2, -0.15) is 0 Å². The molecule has 1 aromatic carbocycles. The number of benzene rings is 1. The molecule has 18 heavy (non-hydrogen) atoms. The van der Waals surface area contributed by atoms with E-state index in [1.54, 1.807) is 12.1 Å². The minimum atomic E-state index is -0.554. The van der Waals surface area contributed by atoms with Crippen LogP contribution in [-0.2, 0) is 4.79 Å². The van der Waals surface area contributed by atoms with Crippen LogP contribution in [0.3, 0.4) is 0 Å². The summed E-state index contributed by atoms with van der Waals surface area (Å²) < 4.78 is 0. The number of nitrogens with one attached hydrogen (secondary N) is 1. The van der Waals surface area contributed by atoms with Crippen molar-refractivity contribution in [3.05, 3.63) is 29.8 Å². The number of carbonyl (C=O) groups is 1. The van der Waals surface area contributed by atoms with Gasteiger partial charge in [-0.05, 0) is 23.6 Å². The normalized spacial score (nSPS) is 15.8. The predicted molar refractivity (Wildman–Crippen MR) is 73.1 cm³/mol. The lowest BCUT2D eigenvalue weighted by molar-refractivity contribution is -0.114. The molecule has 1 amide bonds. The Morgan fingerprint density at radius 1 is 1.39 bits per heavy atom. The molecule has 0 spiro atoms. The van der Waals surface area contributed by atoms with Gasteiger partial charge in [-0.15, -0.1) is 0 Å². The molecule has 4 nitrogen and oxygen atoms in total. The van der Waals surface area contributed by atoms with Gasteiger partial charge in [0.15, 0.2) is 0 Å².